The molecule has 0 bridgehead atoms. The van der Waals surface area contributed by atoms with E-state index in [4.69, 9.17) is 18.6 Å². The molecule has 3 aromatic carbocycles. The summed E-state index contributed by atoms with van der Waals surface area (Å²) in [5, 5.41) is 1.72. The number of oxazole rings is 1. The van der Waals surface area contributed by atoms with Crippen LogP contribution in [-0.2, 0) is 21.3 Å². The molecule has 5 aromatic rings. The third-order valence-corrected chi connectivity index (χ3v) is 11.4. The number of nitrogens with zero attached hydrogens (tertiary/aromatic N) is 4. The number of fused-ring (bicyclic) bond motifs is 1. The van der Waals surface area contributed by atoms with Gasteiger partial charge in [-0.3, -0.25) is 4.57 Å². The number of sulfonamides is 1. The van der Waals surface area contributed by atoms with Gasteiger partial charge in [-0.1, -0.05) is 30.3 Å². The van der Waals surface area contributed by atoms with Gasteiger partial charge in [0.25, 0.3) is 10.0 Å². The van der Waals surface area contributed by atoms with Crippen molar-refractivity contribution in [1.82, 2.24) is 14.5 Å². The summed E-state index contributed by atoms with van der Waals surface area (Å²) >= 11 is 1.07. The maximum atomic E-state index is 16.4. The Bertz CT molecular complexity index is 2310. The van der Waals surface area contributed by atoms with Crippen LogP contribution in [0.15, 0.2) is 86.4 Å². The van der Waals surface area contributed by atoms with Gasteiger partial charge in [0, 0.05) is 36.3 Å². The fourth-order valence-electron chi connectivity index (χ4n) is 6.16. The van der Waals surface area contributed by atoms with Gasteiger partial charge < -0.3 is 23.5 Å². The maximum Gasteiger partial charge on any atom is 0.420 e. The molecule has 3 heterocycles. The lowest BCUT2D eigenvalue weighted by Crippen LogP contribution is -2.39. The zero-order valence-electron chi connectivity index (χ0n) is 29.6. The Morgan fingerprint density at radius 1 is 1.12 bits per heavy atom. The van der Waals surface area contributed by atoms with E-state index < -0.39 is 43.7 Å². The third-order valence-electron chi connectivity index (χ3n) is 8.70. The smallest absolute Gasteiger partial charge is 0.420 e. The number of carbonyl (C=O) groups excluding carboxylic acids is 1. The van der Waals surface area contributed by atoms with Gasteiger partial charge in [-0.2, -0.15) is 0 Å². The summed E-state index contributed by atoms with van der Waals surface area (Å²) in [6, 6.07) is 14.4. The zero-order valence-corrected chi connectivity index (χ0v) is 31.2. The monoisotopic (exact) mass is 750 g/mol. The van der Waals surface area contributed by atoms with Crippen LogP contribution in [0.5, 0.6) is 11.5 Å². The second kappa shape index (κ2) is 14.5. The lowest BCUT2D eigenvalue weighted by molar-refractivity contribution is 0.0270. The van der Waals surface area contributed by atoms with Gasteiger partial charge in [0.2, 0.25) is 0 Å². The molecular weight excluding hydrogens is 712 g/mol. The van der Waals surface area contributed by atoms with Crippen molar-refractivity contribution < 1.29 is 36.2 Å². The Hall–Kier alpha value is -5.15. The molecule has 0 aliphatic carbocycles. The highest BCUT2D eigenvalue weighted by molar-refractivity contribution is 7.93. The standard InChI is InChI=1S/C37H39FN4O8S2/c1-23(27-9-7-8-10-28(27)24-15-18-40(19-16-24)35(43)50-37(2,3)4)42-29-13-14-31(32(38)33(29)49-36(42)44)52(45,46)41(34-39-17-20-51-34)22-25-11-12-26(47-5)21-30(25)48-6/h7-15,17,20-21,23H,16,18-19,22H2,1-6H3. The number of ether oxygens (including phenoxy) is 3. The highest BCUT2D eigenvalue weighted by Crippen LogP contribution is 2.36. The first kappa shape index (κ1) is 36.6. The number of carbonyl (C=O) groups is 1. The second-order valence-corrected chi connectivity index (χ2v) is 15.8. The molecule has 1 aliphatic heterocycles. The van der Waals surface area contributed by atoms with Crippen molar-refractivity contribution in [2.75, 3.05) is 31.6 Å². The Morgan fingerprint density at radius 3 is 2.54 bits per heavy atom. The predicted octanol–water partition coefficient (Wildman–Crippen LogP) is 7.24. The first-order chi connectivity index (χ1) is 24.7. The Labute approximate surface area is 304 Å². The van der Waals surface area contributed by atoms with E-state index in [9.17, 15) is 18.0 Å². The number of methoxy groups -OCH3 is 2. The molecular formula is C37H39FN4O8S2. The Morgan fingerprint density at radius 2 is 1.88 bits per heavy atom. The summed E-state index contributed by atoms with van der Waals surface area (Å²) < 4.78 is 68.9. The number of rotatable bonds is 10. The quantitative estimate of drug-likeness (QED) is 0.145. The van der Waals surface area contributed by atoms with Crippen molar-refractivity contribution >= 4 is 49.3 Å². The first-order valence-electron chi connectivity index (χ1n) is 16.5. The zero-order chi connectivity index (χ0) is 37.4. The SMILES string of the molecule is COc1ccc(CN(c2nccs2)S(=O)(=O)c2ccc3c(oc(=O)n3C(C)c3ccccc3C3=CCN(C(=O)OC(C)(C)C)CC3)c2F)c(OC)c1. The molecule has 6 rings (SSSR count). The van der Waals surface area contributed by atoms with Gasteiger partial charge >= 0.3 is 11.8 Å². The molecule has 12 nitrogen and oxygen atoms in total. The van der Waals surface area contributed by atoms with E-state index in [0.29, 0.717) is 36.6 Å². The molecule has 1 atom stereocenters. The molecule has 2 aromatic heterocycles. The summed E-state index contributed by atoms with van der Waals surface area (Å²) in [5.74, 6) is -1.17. The van der Waals surface area contributed by atoms with Gasteiger partial charge in [-0.15, -0.1) is 11.3 Å². The van der Waals surface area contributed by atoms with Crippen molar-refractivity contribution in [3.05, 3.63) is 105 Å². The lowest BCUT2D eigenvalue weighted by Gasteiger charge is -2.30. The number of thiazole rings is 1. The topological polar surface area (TPSA) is 133 Å². The lowest BCUT2D eigenvalue weighted by atomic mass is 9.92. The minimum absolute atomic E-state index is 0.0927. The first-order valence-corrected chi connectivity index (χ1v) is 18.8. The Kier molecular flexibility index (Phi) is 10.2. The van der Waals surface area contributed by atoms with Crippen LogP contribution >= 0.6 is 11.3 Å². The highest BCUT2D eigenvalue weighted by atomic mass is 32.2. The van der Waals surface area contributed by atoms with E-state index in [1.54, 1.807) is 35.4 Å². The van der Waals surface area contributed by atoms with Crippen molar-refractivity contribution in [1.29, 1.82) is 0 Å². The molecule has 274 valence electrons. The van der Waals surface area contributed by atoms with Crippen LogP contribution in [0.2, 0.25) is 0 Å². The minimum Gasteiger partial charge on any atom is -0.497 e. The normalized spacial score (nSPS) is 14.2. The van der Waals surface area contributed by atoms with Crippen LogP contribution in [0, 0.1) is 5.82 Å². The van der Waals surface area contributed by atoms with Crippen LogP contribution in [0.3, 0.4) is 0 Å². The summed E-state index contributed by atoms with van der Waals surface area (Å²) in [6.45, 7) is 7.82. The molecule has 0 fully saturated rings. The number of anilines is 1. The Balaban J connectivity index is 1.34. The number of benzene rings is 3. The number of hydrogen-bond donors (Lipinski definition) is 0. The van der Waals surface area contributed by atoms with Crippen molar-refractivity contribution in [3.8, 4) is 11.5 Å². The molecule has 0 saturated carbocycles. The number of halogens is 1. The number of aromatic nitrogens is 2. The summed E-state index contributed by atoms with van der Waals surface area (Å²) in [7, 11) is -1.65. The van der Waals surface area contributed by atoms with E-state index in [0.717, 1.165) is 38.4 Å². The summed E-state index contributed by atoms with van der Waals surface area (Å²) in [4.78, 5) is 31.2. The van der Waals surface area contributed by atoms with Gasteiger partial charge in [-0.25, -0.2) is 31.7 Å². The van der Waals surface area contributed by atoms with E-state index in [2.05, 4.69) is 4.98 Å². The molecule has 1 amide bonds. The van der Waals surface area contributed by atoms with Crippen LogP contribution < -0.4 is 19.5 Å². The third kappa shape index (κ3) is 7.15. The van der Waals surface area contributed by atoms with E-state index in [1.807, 2.05) is 51.1 Å². The molecule has 52 heavy (non-hydrogen) atoms. The fraction of sp³-hybridized carbons (Fsp3) is 0.324. The predicted molar refractivity (Wildman–Crippen MR) is 196 cm³/mol. The molecule has 15 heteroatoms. The number of amides is 1. The molecule has 1 aliphatic rings. The van der Waals surface area contributed by atoms with Gasteiger partial charge in [0.15, 0.2) is 16.5 Å². The largest absolute Gasteiger partial charge is 0.497 e. The van der Waals surface area contributed by atoms with Gasteiger partial charge in [0.1, 0.15) is 22.0 Å². The molecule has 0 spiro atoms. The molecule has 0 saturated heterocycles. The second-order valence-electron chi connectivity index (χ2n) is 13.1. The molecule has 0 N–H and O–H groups in total. The minimum atomic E-state index is -4.60. The average molecular weight is 751 g/mol. The fourth-order valence-corrected chi connectivity index (χ4v) is 8.49. The highest BCUT2D eigenvalue weighted by Gasteiger charge is 2.34. The van der Waals surface area contributed by atoms with E-state index in [-0.39, 0.29) is 23.3 Å². The van der Waals surface area contributed by atoms with Crippen LogP contribution in [0.1, 0.15) is 56.8 Å². The average Bonchev–Trinajstić information content (AvgIpc) is 3.77. The van der Waals surface area contributed by atoms with E-state index in [1.165, 1.54) is 31.0 Å². The van der Waals surface area contributed by atoms with Crippen molar-refractivity contribution in [3.63, 3.8) is 0 Å². The molecule has 0 radical (unpaired) electrons. The van der Waals surface area contributed by atoms with Gasteiger partial charge in [0.05, 0.1) is 32.3 Å². The van der Waals surface area contributed by atoms with Crippen LogP contribution in [0.25, 0.3) is 16.7 Å². The van der Waals surface area contributed by atoms with E-state index >= 15 is 4.39 Å². The van der Waals surface area contributed by atoms with Crippen molar-refractivity contribution in [2.45, 2.75) is 57.2 Å². The summed E-state index contributed by atoms with van der Waals surface area (Å²) in [6.07, 6.45) is 3.57. The van der Waals surface area contributed by atoms with Crippen LogP contribution in [0.4, 0.5) is 14.3 Å². The van der Waals surface area contributed by atoms with Crippen molar-refractivity contribution in [2.24, 2.45) is 0 Å². The maximum absolute atomic E-state index is 16.4. The molecule has 1 unspecified atom stereocenters. The summed E-state index contributed by atoms with van der Waals surface area (Å²) in [5.41, 5.74) is 2.10. The van der Waals surface area contributed by atoms with Gasteiger partial charge in [-0.05, 0) is 75.1 Å². The number of hydrogen-bond acceptors (Lipinski definition) is 10. The van der Waals surface area contributed by atoms with Crippen LogP contribution in [-0.4, -0.2) is 61.9 Å².